The fraction of sp³-hybridized carbons (Fsp3) is 0.176. The number of nitrogens with one attached hydrogen (secondary N) is 1. The van der Waals surface area contributed by atoms with Crippen LogP contribution in [0.3, 0.4) is 0 Å². The molecule has 0 bridgehead atoms. The van der Waals surface area contributed by atoms with Gasteiger partial charge in [-0.3, -0.25) is 4.79 Å². The zero-order chi connectivity index (χ0) is 18.5. The highest BCUT2D eigenvalue weighted by atomic mass is 35.5. The summed E-state index contributed by atoms with van der Waals surface area (Å²) in [5, 5.41) is 7.15. The number of nitrogens with zero attached hydrogens (tertiary/aromatic N) is 3. The number of benzene rings is 1. The lowest BCUT2D eigenvalue weighted by Crippen LogP contribution is -2.12. The van der Waals surface area contributed by atoms with Gasteiger partial charge in [-0.1, -0.05) is 22.2 Å². The molecule has 0 aliphatic carbocycles. The number of hydrogen-bond donors (Lipinski definition) is 1. The molecule has 7 nitrogen and oxygen atoms in total. The zero-order valence-electron chi connectivity index (χ0n) is 14.0. The monoisotopic (exact) mass is 390 g/mol. The van der Waals surface area contributed by atoms with Crippen LogP contribution < -0.4 is 5.32 Å². The van der Waals surface area contributed by atoms with Crippen molar-refractivity contribution in [1.29, 1.82) is 0 Å². The van der Waals surface area contributed by atoms with Crippen molar-refractivity contribution in [2.45, 2.75) is 13.5 Å². The van der Waals surface area contributed by atoms with Crippen molar-refractivity contribution in [2.24, 2.45) is 0 Å². The highest BCUT2D eigenvalue weighted by Crippen LogP contribution is 2.29. The van der Waals surface area contributed by atoms with Crippen LogP contribution in [-0.2, 0) is 16.4 Å². The summed E-state index contributed by atoms with van der Waals surface area (Å²) in [4.78, 5) is 26.5. The van der Waals surface area contributed by atoms with Crippen LogP contribution in [0.4, 0.5) is 5.82 Å². The molecule has 0 fully saturated rings. The summed E-state index contributed by atoms with van der Waals surface area (Å²) in [7, 11) is 1.46. The third kappa shape index (κ3) is 4.23. The summed E-state index contributed by atoms with van der Waals surface area (Å²) < 4.78 is 3.75. The molecule has 1 amide bonds. The lowest BCUT2D eigenvalue weighted by atomic mass is 10.0. The second-order valence-corrected chi connectivity index (χ2v) is 6.48. The Bertz CT molecular complexity index is 915. The molecule has 0 unspecified atom stereocenters. The minimum absolute atomic E-state index is 0.283. The van der Waals surface area contributed by atoms with Crippen molar-refractivity contribution in [2.75, 3.05) is 12.4 Å². The maximum absolute atomic E-state index is 12.2. The molecular formula is C17H15ClN4O3S. The number of anilines is 1. The summed E-state index contributed by atoms with van der Waals surface area (Å²) in [6.45, 7) is 2.04. The van der Waals surface area contributed by atoms with E-state index in [0.29, 0.717) is 28.0 Å². The van der Waals surface area contributed by atoms with Crippen LogP contribution in [0.15, 0.2) is 36.5 Å². The lowest BCUT2D eigenvalue weighted by molar-refractivity contribution is -0.282. The van der Waals surface area contributed by atoms with E-state index < -0.39 is 0 Å². The summed E-state index contributed by atoms with van der Waals surface area (Å²) in [6.07, 6.45) is 1.65. The number of carbonyl (C=O) groups excluding carboxylic acids is 1. The molecule has 0 aliphatic rings. The molecule has 3 aromatic rings. The first-order chi connectivity index (χ1) is 12.6. The molecule has 3 rings (SSSR count). The minimum atomic E-state index is -0.283. The number of amides is 1. The SMILES string of the molecule is COOCc1ccc(Cl)c(-c2ccc(NC(=O)c3snnc3C)nc2)c1. The molecule has 2 heterocycles. The number of aryl methyl sites for hydroxylation is 1. The maximum Gasteiger partial charge on any atom is 0.270 e. The first-order valence-electron chi connectivity index (χ1n) is 7.59. The van der Waals surface area contributed by atoms with Crippen molar-refractivity contribution in [3.8, 4) is 11.1 Å². The molecule has 0 radical (unpaired) electrons. The van der Waals surface area contributed by atoms with E-state index in [-0.39, 0.29) is 5.91 Å². The molecular weight excluding hydrogens is 376 g/mol. The first-order valence-corrected chi connectivity index (χ1v) is 8.74. The Hall–Kier alpha value is -2.39. The van der Waals surface area contributed by atoms with Crippen LogP contribution in [0.25, 0.3) is 11.1 Å². The fourth-order valence-corrected chi connectivity index (χ4v) is 3.03. The van der Waals surface area contributed by atoms with Gasteiger partial charge in [-0.2, -0.15) is 0 Å². The van der Waals surface area contributed by atoms with Crippen molar-refractivity contribution in [1.82, 2.24) is 14.6 Å². The van der Waals surface area contributed by atoms with Gasteiger partial charge >= 0.3 is 0 Å². The van der Waals surface area contributed by atoms with E-state index in [2.05, 4.69) is 24.8 Å². The number of aromatic nitrogens is 3. The highest BCUT2D eigenvalue weighted by Gasteiger charge is 2.14. The molecule has 0 aliphatic heterocycles. The molecule has 26 heavy (non-hydrogen) atoms. The molecule has 0 saturated heterocycles. The zero-order valence-corrected chi connectivity index (χ0v) is 15.6. The summed E-state index contributed by atoms with van der Waals surface area (Å²) in [5.74, 6) is 0.149. The number of rotatable bonds is 6. The van der Waals surface area contributed by atoms with Gasteiger partial charge in [0.2, 0.25) is 0 Å². The van der Waals surface area contributed by atoms with Crippen LogP contribution in [0, 0.1) is 6.92 Å². The standard InChI is InChI=1S/C17H15ClN4O3S/c1-10-16(26-22-21-10)17(23)20-15-6-4-12(8-19-15)13-7-11(9-25-24-2)3-5-14(13)18/h3-8H,9H2,1-2H3,(H,19,20,23). The van der Waals surface area contributed by atoms with Crippen LogP contribution >= 0.6 is 23.1 Å². The van der Waals surface area contributed by atoms with E-state index in [4.69, 9.17) is 16.5 Å². The molecule has 2 aromatic heterocycles. The number of hydrogen-bond acceptors (Lipinski definition) is 7. The van der Waals surface area contributed by atoms with Gasteiger partial charge in [0, 0.05) is 22.3 Å². The van der Waals surface area contributed by atoms with E-state index in [0.717, 1.165) is 28.2 Å². The third-order valence-electron chi connectivity index (χ3n) is 3.55. The fourth-order valence-electron chi connectivity index (χ4n) is 2.25. The van der Waals surface area contributed by atoms with Gasteiger partial charge in [0.15, 0.2) is 0 Å². The van der Waals surface area contributed by atoms with Gasteiger partial charge in [0.25, 0.3) is 5.91 Å². The van der Waals surface area contributed by atoms with Crippen LogP contribution in [-0.4, -0.2) is 27.6 Å². The quantitative estimate of drug-likeness (QED) is 0.507. The Labute approximate surface area is 159 Å². The second kappa shape index (κ2) is 8.33. The van der Waals surface area contributed by atoms with Crippen molar-refractivity contribution in [3.05, 3.63) is 57.7 Å². The summed E-state index contributed by atoms with van der Waals surface area (Å²) >= 11 is 7.34. The third-order valence-corrected chi connectivity index (χ3v) is 4.70. The van der Waals surface area contributed by atoms with Crippen LogP contribution in [0.2, 0.25) is 5.02 Å². The topological polar surface area (TPSA) is 86.2 Å². The van der Waals surface area contributed by atoms with Gasteiger partial charge in [0.1, 0.15) is 17.3 Å². The lowest BCUT2D eigenvalue weighted by Gasteiger charge is -2.09. The normalized spacial score (nSPS) is 10.7. The van der Waals surface area contributed by atoms with Crippen LogP contribution in [0.1, 0.15) is 20.9 Å². The van der Waals surface area contributed by atoms with Gasteiger partial charge in [-0.15, -0.1) is 5.10 Å². The number of halogens is 1. The van der Waals surface area contributed by atoms with Gasteiger partial charge in [0.05, 0.1) is 12.8 Å². The van der Waals surface area contributed by atoms with E-state index in [1.807, 2.05) is 18.2 Å². The van der Waals surface area contributed by atoms with Crippen molar-refractivity contribution < 1.29 is 14.6 Å². The Morgan fingerprint density at radius 1 is 1.31 bits per heavy atom. The molecule has 0 saturated carbocycles. The van der Waals surface area contributed by atoms with Gasteiger partial charge < -0.3 is 5.32 Å². The maximum atomic E-state index is 12.2. The molecule has 0 spiro atoms. The van der Waals surface area contributed by atoms with Gasteiger partial charge in [-0.05, 0) is 48.3 Å². The minimum Gasteiger partial charge on any atom is -0.306 e. The van der Waals surface area contributed by atoms with Gasteiger partial charge in [-0.25, -0.2) is 14.8 Å². The predicted molar refractivity (Wildman–Crippen MR) is 99.1 cm³/mol. The molecule has 1 N–H and O–H groups in total. The smallest absolute Gasteiger partial charge is 0.270 e. The molecule has 1 aromatic carbocycles. The largest absolute Gasteiger partial charge is 0.306 e. The predicted octanol–water partition coefficient (Wildman–Crippen LogP) is 3.89. The molecule has 0 atom stereocenters. The number of carbonyl (C=O) groups is 1. The Balaban J connectivity index is 1.77. The Morgan fingerprint density at radius 2 is 2.15 bits per heavy atom. The second-order valence-electron chi connectivity index (χ2n) is 5.32. The van der Waals surface area contributed by atoms with Crippen molar-refractivity contribution >= 4 is 34.9 Å². The molecule has 134 valence electrons. The summed E-state index contributed by atoms with van der Waals surface area (Å²) in [5.41, 5.74) is 3.14. The van der Waals surface area contributed by atoms with E-state index in [1.165, 1.54) is 7.11 Å². The van der Waals surface area contributed by atoms with E-state index >= 15 is 0 Å². The van der Waals surface area contributed by atoms with E-state index in [9.17, 15) is 4.79 Å². The summed E-state index contributed by atoms with van der Waals surface area (Å²) in [6, 6.07) is 9.11. The Kier molecular flexibility index (Phi) is 5.89. The first kappa shape index (κ1) is 18.4. The highest BCUT2D eigenvalue weighted by molar-refractivity contribution is 7.08. The van der Waals surface area contributed by atoms with Crippen molar-refractivity contribution in [3.63, 3.8) is 0 Å². The average molecular weight is 391 g/mol. The average Bonchev–Trinajstić information content (AvgIpc) is 3.08. The Morgan fingerprint density at radius 3 is 2.81 bits per heavy atom. The van der Waals surface area contributed by atoms with E-state index in [1.54, 1.807) is 25.3 Å². The molecule has 9 heteroatoms. The number of pyridine rings is 1. The van der Waals surface area contributed by atoms with Crippen LogP contribution in [0.5, 0.6) is 0 Å².